The number of carboxylic acids is 1. The molecule has 1 saturated carbocycles. The van der Waals surface area contributed by atoms with Gasteiger partial charge in [0.05, 0.1) is 17.9 Å². The van der Waals surface area contributed by atoms with Crippen LogP contribution in [-0.4, -0.2) is 65.0 Å². The summed E-state index contributed by atoms with van der Waals surface area (Å²) in [6.07, 6.45) is 2.87. The van der Waals surface area contributed by atoms with Crippen LogP contribution >= 0.6 is 0 Å². The molecule has 5 rings (SSSR count). The molecule has 9 nitrogen and oxygen atoms in total. The number of amides is 2. The quantitative estimate of drug-likeness (QED) is 0.131. The van der Waals surface area contributed by atoms with Crippen LogP contribution in [0.1, 0.15) is 85.6 Å². The number of rotatable bonds is 13. The molecule has 2 amide bonds. The summed E-state index contributed by atoms with van der Waals surface area (Å²) < 4.78 is 58.1. The fourth-order valence-electron chi connectivity index (χ4n) is 7.53. The van der Waals surface area contributed by atoms with Crippen molar-refractivity contribution in [1.29, 1.82) is 0 Å². The normalized spacial score (nSPS) is 20.8. The van der Waals surface area contributed by atoms with Crippen LogP contribution in [0, 0.1) is 49.2 Å². The summed E-state index contributed by atoms with van der Waals surface area (Å²) in [6.45, 7) is 14.9. The zero-order valence-electron chi connectivity index (χ0n) is 31.4. The number of benzene rings is 2. The number of pyridine rings is 1. The van der Waals surface area contributed by atoms with Crippen molar-refractivity contribution in [1.82, 2.24) is 20.1 Å². The Morgan fingerprint density at radius 2 is 1.66 bits per heavy atom. The minimum atomic E-state index is -2.63. The van der Waals surface area contributed by atoms with Gasteiger partial charge >= 0.3 is 5.97 Å². The average Bonchev–Trinajstić information content (AvgIpc) is 3.42. The maximum atomic E-state index is 14.6. The number of carbonyl (C=O) groups is 3. The summed E-state index contributed by atoms with van der Waals surface area (Å²) in [7, 11) is 0. The first-order valence-corrected chi connectivity index (χ1v) is 17.8. The van der Waals surface area contributed by atoms with E-state index in [0.29, 0.717) is 73.7 Å². The summed E-state index contributed by atoms with van der Waals surface area (Å²) in [5.74, 6) is -4.60. The molecular formula is C40H50F4N4O5. The Morgan fingerprint density at radius 1 is 1.00 bits per heavy atom. The number of nitrogens with zero attached hydrogens (tertiary/aromatic N) is 2. The lowest BCUT2D eigenvalue weighted by Crippen LogP contribution is -2.41. The van der Waals surface area contributed by atoms with Gasteiger partial charge in [0, 0.05) is 43.4 Å². The van der Waals surface area contributed by atoms with Crippen LogP contribution in [0.15, 0.2) is 47.4 Å². The summed E-state index contributed by atoms with van der Waals surface area (Å²) >= 11 is 0. The largest absolute Gasteiger partial charge is 0.481 e. The van der Waals surface area contributed by atoms with Gasteiger partial charge in [0.2, 0.25) is 6.41 Å². The fraction of sp³-hybridized carbons (Fsp3) is 0.500. The van der Waals surface area contributed by atoms with Gasteiger partial charge in [0.25, 0.3) is 17.4 Å². The highest BCUT2D eigenvalue weighted by Crippen LogP contribution is 2.78. The lowest BCUT2D eigenvalue weighted by atomic mass is 9.89. The number of likely N-dealkylation sites (tertiary alicyclic amines) is 1. The van der Waals surface area contributed by atoms with E-state index in [-0.39, 0.29) is 28.4 Å². The Hall–Kier alpha value is -4.52. The zero-order chi connectivity index (χ0) is 39.5. The first-order valence-electron chi connectivity index (χ1n) is 17.8. The molecule has 0 spiro atoms. The fourth-order valence-corrected chi connectivity index (χ4v) is 7.53. The molecule has 0 bridgehead atoms. The third kappa shape index (κ3) is 8.50. The molecule has 1 aromatic heterocycles. The Balaban J connectivity index is 0.000000238. The smallest absolute Gasteiger partial charge is 0.305 e. The first-order chi connectivity index (χ1) is 24.8. The van der Waals surface area contributed by atoms with E-state index >= 15 is 0 Å². The molecule has 3 atom stereocenters. The maximum Gasteiger partial charge on any atom is 0.305 e. The van der Waals surface area contributed by atoms with E-state index in [1.54, 1.807) is 52.9 Å². The Labute approximate surface area is 307 Å². The minimum absolute atomic E-state index is 0.0904. The number of carboxylic acid groups (broad SMARTS) is 1. The monoisotopic (exact) mass is 742 g/mol. The van der Waals surface area contributed by atoms with Crippen LogP contribution in [0.3, 0.4) is 0 Å². The summed E-state index contributed by atoms with van der Waals surface area (Å²) in [4.78, 5) is 48.8. The number of aromatic nitrogens is 1. The van der Waals surface area contributed by atoms with Crippen molar-refractivity contribution >= 4 is 18.3 Å². The number of halogens is 4. The maximum absolute atomic E-state index is 14.6. The lowest BCUT2D eigenvalue weighted by Gasteiger charge is -2.32. The number of fused-ring (bicyclic) bond motifs is 1. The van der Waals surface area contributed by atoms with Crippen LogP contribution in [0.4, 0.5) is 17.6 Å². The highest BCUT2D eigenvalue weighted by molar-refractivity contribution is 5.93. The predicted octanol–water partition coefficient (Wildman–Crippen LogP) is 6.81. The second-order valence-corrected chi connectivity index (χ2v) is 15.2. The topological polar surface area (TPSA) is 121 Å². The number of hydrogen-bond acceptors (Lipinski definition) is 5. The van der Waals surface area contributed by atoms with Crippen molar-refractivity contribution in [2.75, 3.05) is 26.2 Å². The molecule has 2 heterocycles. The van der Waals surface area contributed by atoms with Gasteiger partial charge in [-0.2, -0.15) is 0 Å². The molecule has 1 aliphatic carbocycles. The number of alkyl halides is 2. The Morgan fingerprint density at radius 3 is 2.25 bits per heavy atom. The number of piperidine rings is 1. The second-order valence-electron chi connectivity index (χ2n) is 15.2. The predicted molar refractivity (Wildman–Crippen MR) is 195 cm³/mol. The molecule has 288 valence electrons. The van der Waals surface area contributed by atoms with Crippen molar-refractivity contribution in [2.24, 2.45) is 16.7 Å². The summed E-state index contributed by atoms with van der Waals surface area (Å²) in [5, 5.41) is 14.2. The molecule has 53 heavy (non-hydrogen) atoms. The van der Waals surface area contributed by atoms with Crippen LogP contribution in [0.2, 0.25) is 0 Å². The van der Waals surface area contributed by atoms with Gasteiger partial charge in [-0.3, -0.25) is 19.2 Å². The molecule has 2 fully saturated rings. The molecule has 1 aliphatic heterocycles. The average molecular weight is 743 g/mol. The van der Waals surface area contributed by atoms with Crippen LogP contribution in [0.25, 0.3) is 11.1 Å². The van der Waals surface area contributed by atoms with E-state index in [9.17, 15) is 36.7 Å². The van der Waals surface area contributed by atoms with Crippen molar-refractivity contribution in [3.05, 3.63) is 92.4 Å². The lowest BCUT2D eigenvalue weighted by molar-refractivity contribution is -0.137. The van der Waals surface area contributed by atoms with Crippen molar-refractivity contribution in [3.8, 4) is 11.1 Å². The van der Waals surface area contributed by atoms with Crippen molar-refractivity contribution in [2.45, 2.75) is 86.2 Å². The minimum Gasteiger partial charge on any atom is -0.481 e. The van der Waals surface area contributed by atoms with E-state index in [0.717, 1.165) is 12.0 Å². The molecule has 0 radical (unpaired) electrons. The number of aliphatic carboxylic acids is 1. The molecular weight excluding hydrogens is 692 g/mol. The molecule has 3 aromatic rings. The highest BCUT2D eigenvalue weighted by atomic mass is 19.3. The molecule has 2 aliphatic rings. The van der Waals surface area contributed by atoms with E-state index in [1.807, 2.05) is 4.90 Å². The van der Waals surface area contributed by atoms with Crippen molar-refractivity contribution < 1.29 is 37.1 Å². The van der Waals surface area contributed by atoms with Gasteiger partial charge < -0.3 is 25.2 Å². The van der Waals surface area contributed by atoms with Gasteiger partial charge in [0.1, 0.15) is 17.2 Å². The highest BCUT2D eigenvalue weighted by Gasteiger charge is 2.86. The van der Waals surface area contributed by atoms with E-state index < -0.39 is 41.0 Å². The summed E-state index contributed by atoms with van der Waals surface area (Å²) in [6, 6.07) is 8.14. The number of carbonyl (C=O) groups excluding carboxylic acids is 2. The van der Waals surface area contributed by atoms with E-state index in [4.69, 9.17) is 5.11 Å². The molecule has 3 N–H and O–H groups in total. The standard InChI is InChI=1S/C21H31F2N3O2.C19H19F2NO3/c1-15(2)7-9-24-17(27)16-6-5-10-26(18(16)28)13-12-25-11-8-19(3)20(4,14-25)21(19,22)23;1-10-5-14(20)6-11(2)18(10)13-4-12(3)19(21)15(7-13)16(22-9-23)8-17(24)25/h5-6,10,15H,7-9,11-14H2,1-4H3,(H,24,27);4-7,9,16H,8H2,1-3H3,(H,22,23)(H,24,25). The van der Waals surface area contributed by atoms with Gasteiger partial charge in [-0.05, 0) is 110 Å². The van der Waals surface area contributed by atoms with Crippen LogP contribution in [-0.2, 0) is 16.1 Å². The number of hydrogen-bond donors (Lipinski definition) is 3. The van der Waals surface area contributed by atoms with Gasteiger partial charge in [-0.15, -0.1) is 0 Å². The van der Waals surface area contributed by atoms with Crippen LogP contribution in [0.5, 0.6) is 0 Å². The SMILES string of the molecule is CC(C)CCNC(=O)c1cccn(CCN2CCC3(C)C(F)(F)C3(C)C2)c1=O.Cc1cc(-c2c(C)cc(F)cc2C)cc(C(CC(=O)O)NC=O)c1F. The van der Waals surface area contributed by atoms with Gasteiger partial charge in [0.15, 0.2) is 0 Å². The number of aryl methyl sites for hydroxylation is 3. The Kier molecular flexibility index (Phi) is 12.6. The van der Waals surface area contributed by atoms with E-state index in [1.165, 1.54) is 28.8 Å². The zero-order valence-corrected chi connectivity index (χ0v) is 31.4. The third-order valence-electron chi connectivity index (χ3n) is 11.0. The summed E-state index contributed by atoms with van der Waals surface area (Å²) in [5.41, 5.74) is 1.08. The second kappa shape index (κ2) is 16.2. The van der Waals surface area contributed by atoms with E-state index in [2.05, 4.69) is 24.5 Å². The molecule has 13 heteroatoms. The molecule has 2 aromatic carbocycles. The molecule has 3 unspecified atom stereocenters. The first kappa shape index (κ1) is 41.2. The van der Waals surface area contributed by atoms with Gasteiger partial charge in [-0.1, -0.05) is 27.7 Å². The third-order valence-corrected chi connectivity index (χ3v) is 11.0. The van der Waals surface area contributed by atoms with Gasteiger partial charge in [-0.25, -0.2) is 17.6 Å². The number of nitrogens with one attached hydrogen (secondary N) is 2. The van der Waals surface area contributed by atoms with Crippen LogP contribution < -0.4 is 16.2 Å². The molecule has 1 saturated heterocycles. The van der Waals surface area contributed by atoms with Crippen molar-refractivity contribution in [3.63, 3.8) is 0 Å². The Bertz CT molecular complexity index is 1890.